The Morgan fingerprint density at radius 2 is 1.65 bits per heavy atom. The number of thiazole rings is 1. The average molecular weight is 610 g/mol. The van der Waals surface area contributed by atoms with Crippen LogP contribution in [-0.2, 0) is 10.0 Å². The Kier molecular flexibility index (Phi) is 8.71. The van der Waals surface area contributed by atoms with Gasteiger partial charge in [-0.2, -0.15) is 4.31 Å². The first-order valence-corrected chi connectivity index (χ1v) is 13.6. The summed E-state index contributed by atoms with van der Waals surface area (Å²) in [5.74, 6) is -0.0469. The molecule has 0 radical (unpaired) electrons. The summed E-state index contributed by atoms with van der Waals surface area (Å²) >= 11 is 15.0. The first-order valence-electron chi connectivity index (χ1n) is 9.10. The zero-order valence-corrected chi connectivity index (χ0v) is 21.4. The van der Waals surface area contributed by atoms with E-state index >= 15 is 0 Å². The van der Waals surface area contributed by atoms with Crippen molar-refractivity contribution in [2.24, 2.45) is 0 Å². The number of rotatable bonds is 9. The molecule has 0 spiro atoms. The van der Waals surface area contributed by atoms with Gasteiger partial charge in [-0.05, 0) is 59.0 Å². The molecule has 0 bridgehead atoms. The number of carbonyl (C=O) groups excluding carboxylic acids is 1. The van der Waals surface area contributed by atoms with Crippen molar-refractivity contribution in [3.8, 4) is 11.3 Å². The molecule has 31 heavy (non-hydrogen) atoms. The third kappa shape index (κ3) is 6.17. The minimum absolute atomic E-state index is 0.0783. The van der Waals surface area contributed by atoms with E-state index in [0.717, 1.165) is 14.8 Å². The first-order chi connectivity index (χ1) is 14.8. The van der Waals surface area contributed by atoms with Crippen LogP contribution in [0.15, 0.2) is 58.8 Å². The van der Waals surface area contributed by atoms with Crippen LogP contribution in [0, 0.1) is 3.57 Å². The molecule has 1 N–H and O–H groups in total. The zero-order valence-electron chi connectivity index (χ0n) is 16.1. The topological polar surface area (TPSA) is 79.4 Å². The van der Waals surface area contributed by atoms with Crippen LogP contribution in [0.4, 0.5) is 5.13 Å². The van der Waals surface area contributed by atoms with Gasteiger partial charge in [0.25, 0.3) is 5.91 Å². The summed E-state index contributed by atoms with van der Waals surface area (Å²) in [7, 11) is -3.74. The van der Waals surface area contributed by atoms with Gasteiger partial charge in [0.2, 0.25) is 10.0 Å². The Bertz CT molecular complexity index is 1130. The number of hydrogen-bond donors (Lipinski definition) is 1. The molecule has 0 saturated carbocycles. The molecule has 1 aromatic heterocycles. The largest absolute Gasteiger partial charge is 0.298 e. The average Bonchev–Trinajstić information content (AvgIpc) is 3.22. The maximum Gasteiger partial charge on any atom is 0.257 e. The van der Waals surface area contributed by atoms with Gasteiger partial charge in [0.15, 0.2) is 5.13 Å². The van der Waals surface area contributed by atoms with E-state index in [1.165, 1.54) is 39.9 Å². The van der Waals surface area contributed by atoms with Gasteiger partial charge in [0, 0.05) is 44.9 Å². The molecule has 0 fully saturated rings. The summed E-state index contributed by atoms with van der Waals surface area (Å²) in [6.07, 6.45) is 0. The van der Waals surface area contributed by atoms with Crippen LogP contribution in [0.25, 0.3) is 11.3 Å². The number of nitrogens with zero attached hydrogens (tertiary/aromatic N) is 2. The molecule has 0 aliphatic rings. The predicted molar refractivity (Wildman–Crippen MR) is 135 cm³/mol. The lowest BCUT2D eigenvalue weighted by Gasteiger charge is -2.20. The van der Waals surface area contributed by atoms with Crippen LogP contribution in [-0.4, -0.2) is 48.5 Å². The van der Waals surface area contributed by atoms with Gasteiger partial charge < -0.3 is 0 Å². The van der Waals surface area contributed by atoms with E-state index in [2.05, 4.69) is 32.9 Å². The number of hydrogen-bond acceptors (Lipinski definition) is 5. The molecule has 0 unspecified atom stereocenters. The van der Waals surface area contributed by atoms with E-state index in [-0.39, 0.29) is 35.7 Å². The first kappa shape index (κ1) is 24.4. The number of alkyl halides is 2. The van der Waals surface area contributed by atoms with Crippen LogP contribution in [0.5, 0.6) is 0 Å². The second kappa shape index (κ2) is 11.1. The van der Waals surface area contributed by atoms with Gasteiger partial charge >= 0.3 is 0 Å². The van der Waals surface area contributed by atoms with Crippen molar-refractivity contribution in [3.63, 3.8) is 0 Å². The molecule has 0 saturated heterocycles. The maximum atomic E-state index is 12.7. The molecule has 3 aromatic rings. The number of carbonyl (C=O) groups is 1. The van der Waals surface area contributed by atoms with E-state index in [0.29, 0.717) is 10.7 Å². The number of aromatic nitrogens is 1. The Morgan fingerprint density at radius 1 is 1.03 bits per heavy atom. The van der Waals surface area contributed by atoms with Crippen LogP contribution >= 0.6 is 57.1 Å². The standard InChI is InChI=1S/C20H18Cl2IN3O3S2/c21-9-11-26(12-10-22)31(28,29)17-7-3-15(4-8-17)19(27)25-20-24-18(13-30-20)14-1-5-16(23)6-2-14/h1-8,13H,9-12H2,(H,24,25,27). The fourth-order valence-corrected chi connectivity index (χ4v) is 5.85. The highest BCUT2D eigenvalue weighted by Gasteiger charge is 2.23. The minimum Gasteiger partial charge on any atom is -0.298 e. The molecular weight excluding hydrogens is 592 g/mol. The molecule has 164 valence electrons. The van der Waals surface area contributed by atoms with Crippen molar-refractivity contribution >= 4 is 78.2 Å². The normalized spacial score (nSPS) is 11.6. The molecule has 1 amide bonds. The minimum atomic E-state index is -3.74. The smallest absolute Gasteiger partial charge is 0.257 e. The number of benzene rings is 2. The fourth-order valence-electron chi connectivity index (χ4n) is 2.72. The number of halogens is 3. The Labute approximate surface area is 208 Å². The summed E-state index contributed by atoms with van der Waals surface area (Å²) in [5.41, 5.74) is 2.06. The molecule has 11 heteroatoms. The summed E-state index contributed by atoms with van der Waals surface area (Å²) in [6, 6.07) is 13.7. The van der Waals surface area contributed by atoms with Gasteiger partial charge in [-0.25, -0.2) is 13.4 Å². The van der Waals surface area contributed by atoms with E-state index in [4.69, 9.17) is 23.2 Å². The second-order valence-corrected chi connectivity index (χ2v) is 11.1. The van der Waals surface area contributed by atoms with Crippen molar-refractivity contribution in [1.82, 2.24) is 9.29 Å². The molecule has 0 aliphatic carbocycles. The van der Waals surface area contributed by atoms with E-state index in [9.17, 15) is 13.2 Å². The van der Waals surface area contributed by atoms with Crippen LogP contribution in [0.1, 0.15) is 10.4 Å². The zero-order chi connectivity index (χ0) is 22.4. The highest BCUT2D eigenvalue weighted by molar-refractivity contribution is 14.1. The van der Waals surface area contributed by atoms with Gasteiger partial charge in [0.1, 0.15) is 0 Å². The summed E-state index contributed by atoms with van der Waals surface area (Å²) in [5, 5.41) is 5.09. The summed E-state index contributed by atoms with van der Waals surface area (Å²) in [4.78, 5) is 17.1. The summed E-state index contributed by atoms with van der Waals surface area (Å²) < 4.78 is 27.8. The third-order valence-corrected chi connectivity index (χ3v) is 8.01. The lowest BCUT2D eigenvalue weighted by atomic mass is 10.2. The van der Waals surface area contributed by atoms with Crippen molar-refractivity contribution < 1.29 is 13.2 Å². The van der Waals surface area contributed by atoms with Crippen LogP contribution in [0.3, 0.4) is 0 Å². The molecule has 2 aromatic carbocycles. The van der Waals surface area contributed by atoms with Gasteiger partial charge in [-0.1, -0.05) is 12.1 Å². The number of amides is 1. The molecule has 0 atom stereocenters. The maximum absolute atomic E-state index is 12.7. The molecule has 0 aliphatic heterocycles. The lowest BCUT2D eigenvalue weighted by molar-refractivity contribution is 0.102. The number of anilines is 1. The SMILES string of the molecule is O=C(Nc1nc(-c2ccc(I)cc2)cs1)c1ccc(S(=O)(=O)N(CCCl)CCCl)cc1. The second-order valence-electron chi connectivity index (χ2n) is 6.31. The van der Waals surface area contributed by atoms with Crippen molar-refractivity contribution in [1.29, 1.82) is 0 Å². The lowest BCUT2D eigenvalue weighted by Crippen LogP contribution is -2.34. The van der Waals surface area contributed by atoms with Crippen molar-refractivity contribution in [2.75, 3.05) is 30.2 Å². The quantitative estimate of drug-likeness (QED) is 0.269. The van der Waals surface area contributed by atoms with Crippen molar-refractivity contribution in [3.05, 3.63) is 63.0 Å². The molecule has 1 heterocycles. The Balaban J connectivity index is 1.71. The van der Waals surface area contributed by atoms with Crippen molar-refractivity contribution in [2.45, 2.75) is 4.90 Å². The fraction of sp³-hybridized carbons (Fsp3) is 0.200. The highest BCUT2D eigenvalue weighted by Crippen LogP contribution is 2.26. The third-order valence-electron chi connectivity index (χ3n) is 4.29. The van der Waals surface area contributed by atoms with Gasteiger partial charge in [-0.3, -0.25) is 10.1 Å². The number of sulfonamides is 1. The molecule has 6 nitrogen and oxygen atoms in total. The van der Waals surface area contributed by atoms with E-state index < -0.39 is 10.0 Å². The summed E-state index contributed by atoms with van der Waals surface area (Å²) in [6.45, 7) is 0.317. The van der Waals surface area contributed by atoms with Crippen LogP contribution in [0.2, 0.25) is 0 Å². The van der Waals surface area contributed by atoms with Gasteiger partial charge in [0.05, 0.1) is 10.6 Å². The molecule has 3 rings (SSSR count). The Morgan fingerprint density at radius 3 is 2.23 bits per heavy atom. The van der Waals surface area contributed by atoms with Crippen LogP contribution < -0.4 is 5.32 Å². The monoisotopic (exact) mass is 609 g/mol. The van der Waals surface area contributed by atoms with Gasteiger partial charge in [-0.15, -0.1) is 34.5 Å². The van der Waals surface area contributed by atoms with E-state index in [1.54, 1.807) is 0 Å². The highest BCUT2D eigenvalue weighted by atomic mass is 127. The number of nitrogens with one attached hydrogen (secondary N) is 1. The van der Waals surface area contributed by atoms with E-state index in [1.807, 2.05) is 29.6 Å². The Hall–Kier alpha value is -1.24. The molecular formula is C20H18Cl2IN3O3S2. The predicted octanol–water partition coefficient (Wildman–Crippen LogP) is 5.14.